The summed E-state index contributed by atoms with van der Waals surface area (Å²) in [5, 5.41) is 0. The number of nitrogen functional groups attached to an aromatic ring is 2. The number of rotatable bonds is 3. The molecule has 0 bridgehead atoms. The number of nitrogens with zero attached hydrogens (tertiary/aromatic N) is 2. The van der Waals surface area contributed by atoms with E-state index in [1.54, 1.807) is 6.07 Å². The fourth-order valence-electron chi connectivity index (χ4n) is 1.42. The van der Waals surface area contributed by atoms with Gasteiger partial charge in [0.2, 0.25) is 0 Å². The summed E-state index contributed by atoms with van der Waals surface area (Å²) < 4.78 is 26.5. The summed E-state index contributed by atoms with van der Waals surface area (Å²) in [6.45, 7) is 0. The Hall–Kier alpha value is -2.35. The van der Waals surface area contributed by atoms with Crippen molar-refractivity contribution < 1.29 is 8.42 Å². The summed E-state index contributed by atoms with van der Waals surface area (Å²) in [4.78, 5) is 7.41. The smallest absolute Gasteiger partial charge is 0.267 e. The Balaban J connectivity index is 2.44. The molecule has 7 nitrogen and oxygen atoms in total. The second-order valence-corrected chi connectivity index (χ2v) is 5.08. The second kappa shape index (κ2) is 4.49. The molecule has 0 saturated heterocycles. The highest BCUT2D eigenvalue weighted by atomic mass is 32.2. The number of aromatic nitrogens is 2. The average Bonchev–Trinajstić information content (AvgIpc) is 2.28. The third kappa shape index (κ3) is 2.33. The molecule has 0 saturated carbocycles. The van der Waals surface area contributed by atoms with Gasteiger partial charge >= 0.3 is 0 Å². The molecular weight excluding hydrogens is 254 g/mol. The molecule has 0 aliphatic rings. The van der Waals surface area contributed by atoms with Crippen molar-refractivity contribution >= 4 is 27.2 Å². The maximum atomic E-state index is 12.1. The number of sulfonamides is 1. The molecule has 94 valence electrons. The van der Waals surface area contributed by atoms with Crippen LogP contribution in [0.1, 0.15) is 0 Å². The van der Waals surface area contributed by atoms with Crippen molar-refractivity contribution in [2.75, 3.05) is 16.2 Å². The van der Waals surface area contributed by atoms with Crippen molar-refractivity contribution in [1.29, 1.82) is 0 Å². The molecule has 0 fully saturated rings. The lowest BCUT2D eigenvalue weighted by molar-refractivity contribution is 0.601. The Kier molecular flexibility index (Phi) is 3.02. The van der Waals surface area contributed by atoms with Gasteiger partial charge in [0.15, 0.2) is 5.82 Å². The van der Waals surface area contributed by atoms with E-state index in [9.17, 15) is 8.42 Å². The summed E-state index contributed by atoms with van der Waals surface area (Å²) in [5.41, 5.74) is 11.4. The molecule has 0 radical (unpaired) electrons. The first-order valence-corrected chi connectivity index (χ1v) is 6.42. The first kappa shape index (κ1) is 12.1. The standard InChI is InChI=1S/C10H11N5O2S/c11-7-2-1-3-8(12)10(7)18(16,17)15-9-6-13-4-5-14-9/h1-6H,11-12H2,(H,14,15). The third-order valence-electron chi connectivity index (χ3n) is 2.15. The van der Waals surface area contributed by atoms with Gasteiger partial charge in [-0.15, -0.1) is 0 Å². The molecular formula is C10H11N5O2S. The predicted molar refractivity (Wildman–Crippen MR) is 68.1 cm³/mol. The quantitative estimate of drug-likeness (QED) is 0.692. The highest BCUT2D eigenvalue weighted by Gasteiger charge is 2.21. The van der Waals surface area contributed by atoms with Crippen LogP contribution in [0, 0.1) is 0 Å². The van der Waals surface area contributed by atoms with Crippen molar-refractivity contribution in [2.24, 2.45) is 0 Å². The van der Waals surface area contributed by atoms with Gasteiger partial charge in [0.05, 0.1) is 17.6 Å². The molecule has 8 heteroatoms. The van der Waals surface area contributed by atoms with Gasteiger partial charge in [-0.2, -0.15) is 0 Å². The fraction of sp³-hybridized carbons (Fsp3) is 0. The van der Waals surface area contributed by atoms with Crippen molar-refractivity contribution in [1.82, 2.24) is 9.97 Å². The second-order valence-electron chi connectivity index (χ2n) is 3.46. The van der Waals surface area contributed by atoms with Crippen molar-refractivity contribution in [2.45, 2.75) is 4.90 Å². The van der Waals surface area contributed by atoms with E-state index in [0.29, 0.717) is 0 Å². The van der Waals surface area contributed by atoms with Crippen LogP contribution in [-0.4, -0.2) is 18.4 Å². The van der Waals surface area contributed by atoms with Gasteiger partial charge in [-0.05, 0) is 12.1 Å². The average molecular weight is 265 g/mol. The number of nitrogens with two attached hydrogens (primary N) is 2. The molecule has 2 rings (SSSR count). The Morgan fingerprint density at radius 2 is 1.78 bits per heavy atom. The summed E-state index contributed by atoms with van der Waals surface area (Å²) in [6, 6.07) is 4.50. The number of nitrogens with one attached hydrogen (secondary N) is 1. The summed E-state index contributed by atoms with van der Waals surface area (Å²) in [6.07, 6.45) is 4.09. The maximum absolute atomic E-state index is 12.1. The van der Waals surface area contributed by atoms with E-state index in [2.05, 4.69) is 14.7 Å². The largest absolute Gasteiger partial charge is 0.398 e. The molecule has 0 aliphatic carbocycles. The first-order valence-electron chi connectivity index (χ1n) is 4.93. The number of hydrogen-bond acceptors (Lipinski definition) is 6. The molecule has 0 unspecified atom stereocenters. The van der Waals surface area contributed by atoms with Gasteiger partial charge in [0.25, 0.3) is 10.0 Å². The molecule has 0 amide bonds. The Labute approximate surface area is 104 Å². The van der Waals surface area contributed by atoms with Crippen LogP contribution < -0.4 is 16.2 Å². The fourth-order valence-corrected chi connectivity index (χ4v) is 2.66. The van der Waals surface area contributed by atoms with E-state index in [-0.39, 0.29) is 22.1 Å². The highest BCUT2D eigenvalue weighted by molar-refractivity contribution is 7.93. The molecule has 1 aromatic carbocycles. The summed E-state index contributed by atoms with van der Waals surface area (Å²) >= 11 is 0. The van der Waals surface area contributed by atoms with Crippen molar-refractivity contribution in [3.63, 3.8) is 0 Å². The maximum Gasteiger partial charge on any atom is 0.267 e. The van der Waals surface area contributed by atoms with Gasteiger partial charge in [-0.1, -0.05) is 6.07 Å². The van der Waals surface area contributed by atoms with E-state index < -0.39 is 10.0 Å². The number of hydrogen-bond donors (Lipinski definition) is 3. The van der Waals surface area contributed by atoms with Gasteiger partial charge in [-0.3, -0.25) is 9.71 Å². The van der Waals surface area contributed by atoms with E-state index >= 15 is 0 Å². The Bertz CT molecular complexity index is 637. The summed E-state index contributed by atoms with van der Waals surface area (Å²) in [7, 11) is -3.88. The Morgan fingerprint density at radius 3 is 2.33 bits per heavy atom. The van der Waals surface area contributed by atoms with Gasteiger partial charge in [0, 0.05) is 12.4 Å². The van der Waals surface area contributed by atoms with E-state index in [4.69, 9.17) is 11.5 Å². The first-order chi connectivity index (χ1) is 8.50. The minimum atomic E-state index is -3.88. The van der Waals surface area contributed by atoms with Crippen LogP contribution in [0.4, 0.5) is 17.2 Å². The number of benzene rings is 1. The Morgan fingerprint density at radius 1 is 1.11 bits per heavy atom. The van der Waals surface area contributed by atoms with Crippen LogP contribution in [0.2, 0.25) is 0 Å². The zero-order valence-corrected chi connectivity index (χ0v) is 10.1. The molecule has 1 heterocycles. The molecule has 0 aliphatic heterocycles. The van der Waals surface area contributed by atoms with Crippen molar-refractivity contribution in [3.8, 4) is 0 Å². The van der Waals surface area contributed by atoms with Crippen molar-refractivity contribution in [3.05, 3.63) is 36.8 Å². The molecule has 5 N–H and O–H groups in total. The van der Waals surface area contributed by atoms with Gasteiger partial charge < -0.3 is 11.5 Å². The number of anilines is 3. The predicted octanol–water partition coefficient (Wildman–Crippen LogP) is 0.442. The van der Waals surface area contributed by atoms with Crippen LogP contribution in [-0.2, 0) is 10.0 Å². The topological polar surface area (TPSA) is 124 Å². The zero-order valence-electron chi connectivity index (χ0n) is 9.24. The van der Waals surface area contributed by atoms with Gasteiger partial charge in [0.1, 0.15) is 4.90 Å². The molecule has 18 heavy (non-hydrogen) atoms. The van der Waals surface area contributed by atoms with E-state index in [0.717, 1.165) is 0 Å². The monoisotopic (exact) mass is 265 g/mol. The van der Waals surface area contributed by atoms with Crippen LogP contribution in [0.3, 0.4) is 0 Å². The van der Waals surface area contributed by atoms with Crippen LogP contribution in [0.5, 0.6) is 0 Å². The normalized spacial score (nSPS) is 11.1. The molecule has 0 spiro atoms. The zero-order chi connectivity index (χ0) is 13.2. The molecule has 2 aromatic rings. The minimum absolute atomic E-state index is 0.0754. The third-order valence-corrected chi connectivity index (χ3v) is 3.63. The minimum Gasteiger partial charge on any atom is -0.398 e. The van der Waals surface area contributed by atoms with Crippen LogP contribution >= 0.6 is 0 Å². The lowest BCUT2D eigenvalue weighted by atomic mass is 10.3. The van der Waals surface area contributed by atoms with Crippen LogP contribution in [0.15, 0.2) is 41.7 Å². The van der Waals surface area contributed by atoms with Crippen LogP contribution in [0.25, 0.3) is 0 Å². The van der Waals surface area contributed by atoms with E-state index in [1.807, 2.05) is 0 Å². The van der Waals surface area contributed by atoms with E-state index in [1.165, 1.54) is 30.7 Å². The summed E-state index contributed by atoms with van der Waals surface area (Å²) in [5.74, 6) is 0.0974. The molecule has 0 atom stereocenters. The lowest BCUT2D eigenvalue weighted by Gasteiger charge is -2.11. The highest BCUT2D eigenvalue weighted by Crippen LogP contribution is 2.26. The molecule has 1 aromatic heterocycles. The van der Waals surface area contributed by atoms with Gasteiger partial charge in [-0.25, -0.2) is 13.4 Å². The SMILES string of the molecule is Nc1cccc(N)c1S(=O)(=O)Nc1cnccn1. The lowest BCUT2D eigenvalue weighted by Crippen LogP contribution is -2.17.